The second kappa shape index (κ2) is 5.28. The van der Waals surface area contributed by atoms with Crippen LogP contribution in [-0.4, -0.2) is 23.2 Å². The number of halogens is 2. The summed E-state index contributed by atoms with van der Waals surface area (Å²) in [5.41, 5.74) is 0.415. The first-order chi connectivity index (χ1) is 9.69. The Balaban J connectivity index is 1.88. The molecule has 2 aromatic rings. The van der Waals surface area contributed by atoms with Gasteiger partial charge in [-0.15, -0.1) is 0 Å². The molecule has 0 bridgehead atoms. The zero-order valence-corrected chi connectivity index (χ0v) is 11.1. The predicted molar refractivity (Wildman–Crippen MR) is 69.1 cm³/mol. The lowest BCUT2D eigenvalue weighted by molar-refractivity contribution is 0.335. The first kappa shape index (κ1) is 13.2. The fourth-order valence-corrected chi connectivity index (χ4v) is 2.74. The van der Waals surface area contributed by atoms with E-state index in [2.05, 4.69) is 15.5 Å². The molecule has 0 spiro atoms. The molecule has 106 valence electrons. The van der Waals surface area contributed by atoms with Gasteiger partial charge in [0.2, 0.25) is 11.7 Å². The van der Waals surface area contributed by atoms with Crippen LogP contribution >= 0.6 is 0 Å². The van der Waals surface area contributed by atoms with Gasteiger partial charge in [-0.1, -0.05) is 11.6 Å². The summed E-state index contributed by atoms with van der Waals surface area (Å²) in [4.78, 5) is 4.32. The largest absolute Gasteiger partial charge is 0.339 e. The van der Waals surface area contributed by atoms with Crippen molar-refractivity contribution >= 4 is 0 Å². The lowest BCUT2D eigenvalue weighted by atomic mass is 10.0. The molecule has 20 heavy (non-hydrogen) atoms. The third-order valence-electron chi connectivity index (χ3n) is 3.82. The van der Waals surface area contributed by atoms with Gasteiger partial charge in [-0.3, -0.25) is 0 Å². The van der Waals surface area contributed by atoms with Gasteiger partial charge < -0.3 is 9.84 Å². The molecule has 0 aliphatic heterocycles. The Bertz CT molecular complexity index is 614. The number of rotatable bonds is 3. The number of likely N-dealkylation sites (N-methyl/N-ethyl adjacent to an activating group) is 1. The summed E-state index contributed by atoms with van der Waals surface area (Å²) in [7, 11) is 1.91. The van der Waals surface area contributed by atoms with Crippen molar-refractivity contribution in [1.82, 2.24) is 15.5 Å². The van der Waals surface area contributed by atoms with Crippen molar-refractivity contribution in [2.24, 2.45) is 0 Å². The Labute approximate surface area is 115 Å². The van der Waals surface area contributed by atoms with E-state index in [9.17, 15) is 8.78 Å². The Morgan fingerprint density at radius 2 is 2.10 bits per heavy atom. The van der Waals surface area contributed by atoms with Crippen LogP contribution in [-0.2, 0) is 0 Å². The van der Waals surface area contributed by atoms with E-state index in [-0.39, 0.29) is 5.92 Å². The number of hydrogen-bond donors (Lipinski definition) is 1. The van der Waals surface area contributed by atoms with Crippen molar-refractivity contribution < 1.29 is 13.3 Å². The van der Waals surface area contributed by atoms with Gasteiger partial charge in [0.05, 0.1) is 5.92 Å². The maximum absolute atomic E-state index is 13.2. The molecule has 3 rings (SSSR count). The van der Waals surface area contributed by atoms with E-state index in [0.717, 1.165) is 31.4 Å². The molecule has 1 fully saturated rings. The van der Waals surface area contributed by atoms with E-state index in [4.69, 9.17) is 4.52 Å². The molecular formula is C14H15F2N3O. The summed E-state index contributed by atoms with van der Waals surface area (Å²) in [5.74, 6) is -0.764. The highest BCUT2D eigenvalue weighted by Crippen LogP contribution is 2.34. The van der Waals surface area contributed by atoms with E-state index >= 15 is 0 Å². The van der Waals surface area contributed by atoms with Crippen LogP contribution in [0.15, 0.2) is 22.7 Å². The smallest absolute Gasteiger partial charge is 0.231 e. The van der Waals surface area contributed by atoms with Gasteiger partial charge in [-0.2, -0.15) is 4.98 Å². The van der Waals surface area contributed by atoms with Gasteiger partial charge in [-0.05, 0) is 38.1 Å². The van der Waals surface area contributed by atoms with Crippen molar-refractivity contribution in [2.45, 2.75) is 31.2 Å². The van der Waals surface area contributed by atoms with Gasteiger partial charge in [0.25, 0.3) is 0 Å². The molecule has 1 aliphatic carbocycles. The number of benzene rings is 1. The number of hydrogen-bond acceptors (Lipinski definition) is 4. The number of nitrogens with zero attached hydrogens (tertiary/aromatic N) is 2. The highest BCUT2D eigenvalue weighted by atomic mass is 19.2. The summed E-state index contributed by atoms with van der Waals surface area (Å²) in [6.07, 6.45) is 3.17. The van der Waals surface area contributed by atoms with Crippen molar-refractivity contribution in [3.8, 4) is 11.4 Å². The molecule has 1 heterocycles. The third kappa shape index (κ3) is 2.31. The molecule has 1 aliphatic rings. The average Bonchev–Trinajstić information content (AvgIpc) is 3.09. The minimum absolute atomic E-state index is 0.187. The van der Waals surface area contributed by atoms with Crippen molar-refractivity contribution in [2.75, 3.05) is 7.05 Å². The summed E-state index contributed by atoms with van der Waals surface area (Å²) >= 11 is 0. The molecule has 0 amide bonds. The lowest BCUT2D eigenvalue weighted by Crippen LogP contribution is -2.27. The van der Waals surface area contributed by atoms with Gasteiger partial charge in [0.15, 0.2) is 11.6 Å². The van der Waals surface area contributed by atoms with Gasteiger partial charge >= 0.3 is 0 Å². The molecule has 0 radical (unpaired) electrons. The predicted octanol–water partition coefficient (Wildman–Crippen LogP) is 2.87. The van der Waals surface area contributed by atoms with Crippen LogP contribution in [0.4, 0.5) is 8.78 Å². The summed E-state index contributed by atoms with van der Waals surface area (Å²) in [6.45, 7) is 0. The summed E-state index contributed by atoms with van der Waals surface area (Å²) in [5, 5.41) is 7.11. The molecule has 6 heteroatoms. The standard InChI is InChI=1S/C14H15F2N3O/c1-17-12-4-2-3-9(12)14-18-13(19-20-14)8-5-6-10(15)11(16)7-8/h5-7,9,12,17H,2-4H2,1H3. The fourth-order valence-electron chi connectivity index (χ4n) is 2.74. The highest BCUT2D eigenvalue weighted by Gasteiger charge is 2.31. The second-order valence-electron chi connectivity index (χ2n) is 5.02. The zero-order chi connectivity index (χ0) is 14.1. The topological polar surface area (TPSA) is 51.0 Å². The normalized spacial score (nSPS) is 22.4. The Morgan fingerprint density at radius 1 is 1.25 bits per heavy atom. The molecule has 0 saturated heterocycles. The SMILES string of the molecule is CNC1CCCC1c1nc(-c2ccc(F)c(F)c2)no1. The Kier molecular flexibility index (Phi) is 3.48. The molecule has 2 atom stereocenters. The molecule has 1 saturated carbocycles. The zero-order valence-electron chi connectivity index (χ0n) is 11.1. The third-order valence-corrected chi connectivity index (χ3v) is 3.82. The number of nitrogens with one attached hydrogen (secondary N) is 1. The maximum atomic E-state index is 13.2. The summed E-state index contributed by atoms with van der Waals surface area (Å²) < 4.78 is 31.4. The van der Waals surface area contributed by atoms with Crippen LogP contribution < -0.4 is 5.32 Å². The maximum Gasteiger partial charge on any atom is 0.231 e. The quantitative estimate of drug-likeness (QED) is 0.938. The van der Waals surface area contributed by atoms with Crippen LogP contribution in [0.5, 0.6) is 0 Å². The van der Waals surface area contributed by atoms with Crippen LogP contribution in [0.1, 0.15) is 31.1 Å². The molecule has 1 aromatic heterocycles. The second-order valence-corrected chi connectivity index (χ2v) is 5.02. The lowest BCUT2D eigenvalue weighted by Gasteiger charge is -2.14. The van der Waals surface area contributed by atoms with Crippen LogP contribution in [0.2, 0.25) is 0 Å². The van der Waals surface area contributed by atoms with Gasteiger partial charge in [0, 0.05) is 11.6 Å². The first-order valence-electron chi connectivity index (χ1n) is 6.65. The fraction of sp³-hybridized carbons (Fsp3) is 0.429. The average molecular weight is 279 g/mol. The van der Waals surface area contributed by atoms with Gasteiger partial charge in [-0.25, -0.2) is 8.78 Å². The van der Waals surface area contributed by atoms with Gasteiger partial charge in [0.1, 0.15) is 0 Å². The highest BCUT2D eigenvalue weighted by molar-refractivity contribution is 5.54. The minimum Gasteiger partial charge on any atom is -0.339 e. The van der Waals surface area contributed by atoms with Crippen molar-refractivity contribution in [1.29, 1.82) is 0 Å². The van der Waals surface area contributed by atoms with Crippen molar-refractivity contribution in [3.63, 3.8) is 0 Å². The van der Waals surface area contributed by atoms with E-state index in [1.165, 1.54) is 6.07 Å². The van der Waals surface area contributed by atoms with Crippen LogP contribution in [0, 0.1) is 11.6 Å². The summed E-state index contributed by atoms with van der Waals surface area (Å²) in [6, 6.07) is 3.91. The molecule has 1 N–H and O–H groups in total. The first-order valence-corrected chi connectivity index (χ1v) is 6.65. The molecule has 1 aromatic carbocycles. The minimum atomic E-state index is -0.914. The molecular weight excluding hydrogens is 264 g/mol. The number of aromatic nitrogens is 2. The van der Waals surface area contributed by atoms with Crippen molar-refractivity contribution in [3.05, 3.63) is 35.7 Å². The van der Waals surface area contributed by atoms with Crippen LogP contribution in [0.25, 0.3) is 11.4 Å². The molecule has 2 unspecified atom stereocenters. The molecule has 4 nitrogen and oxygen atoms in total. The van der Waals surface area contributed by atoms with E-state index in [1.54, 1.807) is 0 Å². The van der Waals surface area contributed by atoms with Crippen LogP contribution in [0.3, 0.4) is 0 Å². The Morgan fingerprint density at radius 3 is 2.85 bits per heavy atom. The Hall–Kier alpha value is -1.82. The van der Waals surface area contributed by atoms with E-state index in [1.807, 2.05) is 7.05 Å². The van der Waals surface area contributed by atoms with E-state index in [0.29, 0.717) is 23.3 Å². The monoisotopic (exact) mass is 279 g/mol. The van der Waals surface area contributed by atoms with E-state index < -0.39 is 11.6 Å².